The molecular weight excluding hydrogens is 236 g/mol. The molecule has 0 fully saturated rings. The fourth-order valence-corrected chi connectivity index (χ4v) is 2.08. The minimum atomic E-state index is -3.35. The number of carbonyl (C=O) groups is 1. The van der Waals surface area contributed by atoms with Crippen molar-refractivity contribution in [2.45, 2.75) is 9.79 Å². The summed E-state index contributed by atoms with van der Waals surface area (Å²) >= 11 is 4.02. The quantitative estimate of drug-likeness (QED) is 0.628. The van der Waals surface area contributed by atoms with Gasteiger partial charge in [-0.25, -0.2) is 13.2 Å². The van der Waals surface area contributed by atoms with Gasteiger partial charge in [0.25, 0.3) is 0 Å². The molecule has 0 unspecified atom stereocenters. The van der Waals surface area contributed by atoms with Gasteiger partial charge in [0.05, 0.1) is 17.6 Å². The zero-order chi connectivity index (χ0) is 11.6. The molecule has 0 amide bonds. The number of sulfone groups is 1. The predicted octanol–water partition coefficient (Wildman–Crippen LogP) is 1.17. The third-order valence-electron chi connectivity index (χ3n) is 1.74. The Hall–Kier alpha value is -1.01. The average molecular weight is 246 g/mol. The summed E-state index contributed by atoms with van der Waals surface area (Å²) in [7, 11) is -2.12. The van der Waals surface area contributed by atoms with Crippen LogP contribution in [0, 0.1) is 0 Å². The first kappa shape index (κ1) is 12.1. The summed E-state index contributed by atoms with van der Waals surface area (Å²) in [6, 6.07) is 4.09. The Balaban J connectivity index is 3.35. The van der Waals surface area contributed by atoms with Gasteiger partial charge in [0.1, 0.15) is 0 Å². The number of hydrogen-bond donors (Lipinski definition) is 1. The monoisotopic (exact) mass is 246 g/mol. The molecule has 0 aliphatic rings. The van der Waals surface area contributed by atoms with E-state index in [1.165, 1.54) is 25.3 Å². The third kappa shape index (κ3) is 2.97. The maximum Gasteiger partial charge on any atom is 0.337 e. The SMILES string of the molecule is COC(=O)c1cc(S)cc(S(C)(=O)=O)c1. The number of ether oxygens (including phenoxy) is 1. The highest BCUT2D eigenvalue weighted by Crippen LogP contribution is 2.18. The van der Waals surface area contributed by atoms with Crippen molar-refractivity contribution >= 4 is 28.4 Å². The minimum absolute atomic E-state index is 0.0513. The van der Waals surface area contributed by atoms with Gasteiger partial charge in [-0.2, -0.15) is 0 Å². The molecule has 15 heavy (non-hydrogen) atoms. The van der Waals surface area contributed by atoms with Crippen LogP contribution < -0.4 is 0 Å². The maximum atomic E-state index is 11.3. The minimum Gasteiger partial charge on any atom is -0.465 e. The van der Waals surface area contributed by atoms with Crippen molar-refractivity contribution in [1.82, 2.24) is 0 Å². The van der Waals surface area contributed by atoms with Crippen LogP contribution in [-0.4, -0.2) is 27.8 Å². The number of esters is 1. The molecule has 1 aromatic rings. The number of hydrogen-bond acceptors (Lipinski definition) is 5. The molecule has 0 atom stereocenters. The van der Waals surface area contributed by atoms with Crippen molar-refractivity contribution in [3.63, 3.8) is 0 Å². The van der Waals surface area contributed by atoms with Gasteiger partial charge >= 0.3 is 5.97 Å². The summed E-state index contributed by atoms with van der Waals surface area (Å²) in [5, 5.41) is 0. The molecule has 0 N–H and O–H groups in total. The van der Waals surface area contributed by atoms with Crippen LogP contribution in [0.15, 0.2) is 28.0 Å². The van der Waals surface area contributed by atoms with Crippen LogP contribution in [0.1, 0.15) is 10.4 Å². The molecule has 0 saturated carbocycles. The second kappa shape index (κ2) is 4.24. The van der Waals surface area contributed by atoms with E-state index < -0.39 is 15.8 Å². The Bertz CT molecular complexity index is 491. The third-order valence-corrected chi connectivity index (χ3v) is 3.09. The molecule has 0 bridgehead atoms. The highest BCUT2D eigenvalue weighted by molar-refractivity contribution is 7.90. The lowest BCUT2D eigenvalue weighted by atomic mass is 10.2. The average Bonchev–Trinajstić information content (AvgIpc) is 2.14. The van der Waals surface area contributed by atoms with E-state index in [0.29, 0.717) is 4.90 Å². The van der Waals surface area contributed by atoms with Gasteiger partial charge in [-0.05, 0) is 18.2 Å². The largest absolute Gasteiger partial charge is 0.465 e. The van der Waals surface area contributed by atoms with E-state index >= 15 is 0 Å². The first-order valence-corrected chi connectivity index (χ1v) is 6.31. The number of methoxy groups -OCH3 is 1. The summed E-state index contributed by atoms with van der Waals surface area (Å²) in [5.74, 6) is -0.587. The van der Waals surface area contributed by atoms with Gasteiger partial charge in [-0.1, -0.05) is 0 Å². The number of rotatable bonds is 2. The Morgan fingerprint density at radius 3 is 2.40 bits per heavy atom. The molecule has 4 nitrogen and oxygen atoms in total. The molecular formula is C9H10O4S2. The van der Waals surface area contributed by atoms with Crippen molar-refractivity contribution in [3.8, 4) is 0 Å². The van der Waals surface area contributed by atoms with Crippen LogP contribution in [0.4, 0.5) is 0 Å². The molecule has 0 heterocycles. The highest BCUT2D eigenvalue weighted by atomic mass is 32.2. The molecule has 1 rings (SSSR count). The van der Waals surface area contributed by atoms with Crippen LogP contribution in [0.25, 0.3) is 0 Å². The van der Waals surface area contributed by atoms with E-state index in [1.807, 2.05) is 0 Å². The normalized spacial score (nSPS) is 11.1. The van der Waals surface area contributed by atoms with Gasteiger partial charge < -0.3 is 4.74 Å². The van der Waals surface area contributed by atoms with Gasteiger partial charge in [-0.15, -0.1) is 12.6 Å². The van der Waals surface area contributed by atoms with E-state index in [0.717, 1.165) is 6.26 Å². The van der Waals surface area contributed by atoms with Gasteiger partial charge in [-0.3, -0.25) is 0 Å². The van der Waals surface area contributed by atoms with E-state index in [1.54, 1.807) is 0 Å². The van der Waals surface area contributed by atoms with Crippen LogP contribution in [0.3, 0.4) is 0 Å². The number of thiol groups is 1. The van der Waals surface area contributed by atoms with E-state index in [-0.39, 0.29) is 10.5 Å². The van der Waals surface area contributed by atoms with Crippen molar-refractivity contribution in [2.75, 3.05) is 13.4 Å². The molecule has 1 aromatic carbocycles. The smallest absolute Gasteiger partial charge is 0.337 e. The van der Waals surface area contributed by atoms with E-state index in [4.69, 9.17) is 0 Å². The highest BCUT2D eigenvalue weighted by Gasteiger charge is 2.13. The zero-order valence-corrected chi connectivity index (χ0v) is 9.93. The Labute approximate surface area is 93.6 Å². The maximum absolute atomic E-state index is 11.3. The molecule has 6 heteroatoms. The lowest BCUT2D eigenvalue weighted by molar-refractivity contribution is 0.0600. The topological polar surface area (TPSA) is 60.4 Å². The molecule has 0 saturated heterocycles. The Kier molecular flexibility index (Phi) is 3.41. The first-order chi connectivity index (χ1) is 6.84. The van der Waals surface area contributed by atoms with Crippen molar-refractivity contribution < 1.29 is 17.9 Å². The second-order valence-electron chi connectivity index (χ2n) is 2.98. The lowest BCUT2D eigenvalue weighted by Gasteiger charge is -2.04. The number of benzene rings is 1. The van der Waals surface area contributed by atoms with Gasteiger partial charge in [0.15, 0.2) is 9.84 Å². The van der Waals surface area contributed by atoms with E-state index in [9.17, 15) is 13.2 Å². The molecule has 0 aromatic heterocycles. The lowest BCUT2D eigenvalue weighted by Crippen LogP contribution is -2.04. The molecule has 0 radical (unpaired) electrons. The molecule has 0 aliphatic carbocycles. The Morgan fingerprint density at radius 2 is 1.93 bits per heavy atom. The summed E-state index contributed by atoms with van der Waals surface area (Å²) in [6.07, 6.45) is 1.07. The van der Waals surface area contributed by atoms with Crippen molar-refractivity contribution in [1.29, 1.82) is 0 Å². The predicted molar refractivity (Wildman–Crippen MR) is 58.1 cm³/mol. The fraction of sp³-hybridized carbons (Fsp3) is 0.222. The summed E-state index contributed by atoms with van der Waals surface area (Å²) in [6.45, 7) is 0. The van der Waals surface area contributed by atoms with E-state index in [2.05, 4.69) is 17.4 Å². The molecule has 82 valence electrons. The fourth-order valence-electron chi connectivity index (χ4n) is 1.03. The van der Waals surface area contributed by atoms with Gasteiger partial charge in [0, 0.05) is 11.2 Å². The van der Waals surface area contributed by atoms with Crippen LogP contribution >= 0.6 is 12.6 Å². The van der Waals surface area contributed by atoms with Crippen LogP contribution in [0.5, 0.6) is 0 Å². The summed E-state index contributed by atoms with van der Waals surface area (Å²) < 4.78 is 27.0. The molecule has 0 aliphatic heterocycles. The second-order valence-corrected chi connectivity index (χ2v) is 5.51. The first-order valence-electron chi connectivity index (χ1n) is 3.97. The Morgan fingerprint density at radius 1 is 1.33 bits per heavy atom. The van der Waals surface area contributed by atoms with Crippen molar-refractivity contribution in [2.24, 2.45) is 0 Å². The summed E-state index contributed by atoms with van der Waals surface area (Å²) in [4.78, 5) is 11.6. The van der Waals surface area contributed by atoms with Crippen molar-refractivity contribution in [3.05, 3.63) is 23.8 Å². The molecule has 0 spiro atoms. The summed E-state index contributed by atoms with van der Waals surface area (Å²) in [5.41, 5.74) is 0.172. The number of carbonyl (C=O) groups excluding carboxylic acids is 1. The standard InChI is InChI=1S/C9H10O4S2/c1-13-9(10)6-3-7(14)5-8(4-6)15(2,11)12/h3-5,14H,1-2H3. The van der Waals surface area contributed by atoms with Crippen LogP contribution in [-0.2, 0) is 14.6 Å². The van der Waals surface area contributed by atoms with Gasteiger partial charge in [0.2, 0.25) is 0 Å². The zero-order valence-electron chi connectivity index (χ0n) is 8.22. The van der Waals surface area contributed by atoms with Crippen LogP contribution in [0.2, 0.25) is 0 Å².